The van der Waals surface area contributed by atoms with Gasteiger partial charge in [-0.25, -0.2) is 8.42 Å². The van der Waals surface area contributed by atoms with Crippen molar-refractivity contribution >= 4 is 15.7 Å². The fourth-order valence-electron chi connectivity index (χ4n) is 3.54. The van der Waals surface area contributed by atoms with Gasteiger partial charge < -0.3 is 5.32 Å². The van der Waals surface area contributed by atoms with E-state index in [0.717, 1.165) is 23.0 Å². The van der Waals surface area contributed by atoms with Gasteiger partial charge in [-0.05, 0) is 60.9 Å². The van der Waals surface area contributed by atoms with Gasteiger partial charge in [0.05, 0.1) is 10.5 Å². The minimum atomic E-state index is -4.58. The van der Waals surface area contributed by atoms with Gasteiger partial charge in [-0.1, -0.05) is 25.1 Å². The molecule has 1 aromatic heterocycles. The number of rotatable bonds is 6. The van der Waals surface area contributed by atoms with Gasteiger partial charge in [0, 0.05) is 24.2 Å². The van der Waals surface area contributed by atoms with Gasteiger partial charge in [0.25, 0.3) is 11.5 Å². The lowest BCUT2D eigenvalue weighted by Crippen LogP contribution is -2.34. The van der Waals surface area contributed by atoms with Crippen LogP contribution in [0.15, 0.2) is 64.3 Å². The topological polar surface area (TPSA) is 85.2 Å². The Morgan fingerprint density at radius 2 is 1.71 bits per heavy atom. The standard InChI is InChI=1S/C24H23F3N2O4S/c1-4-17-12-21(22(30)28-14-16-8-10-20(11-9-16)34(3,32)33)23(31)29(15(17)2)19-7-5-6-18(13-19)24(25,26)27/h5-13H,4,14H2,1-3H3,(H,28,30). The first-order valence-electron chi connectivity index (χ1n) is 10.3. The van der Waals surface area contributed by atoms with E-state index in [1.165, 1.54) is 30.3 Å². The molecular formula is C24H23F3N2O4S. The molecule has 0 aliphatic rings. The molecule has 0 saturated carbocycles. The Morgan fingerprint density at radius 3 is 2.26 bits per heavy atom. The molecule has 0 aliphatic carbocycles. The first-order valence-corrected chi connectivity index (χ1v) is 12.2. The summed E-state index contributed by atoms with van der Waals surface area (Å²) in [5, 5.41) is 2.62. The molecule has 180 valence electrons. The predicted octanol–water partition coefficient (Wildman–Crippen LogP) is 4.06. The number of aryl methyl sites for hydroxylation is 1. The summed E-state index contributed by atoms with van der Waals surface area (Å²) in [6.07, 6.45) is -3.04. The number of alkyl halides is 3. The van der Waals surface area contributed by atoms with Crippen molar-refractivity contribution in [2.75, 3.05) is 6.26 Å². The van der Waals surface area contributed by atoms with E-state index in [0.29, 0.717) is 23.2 Å². The minimum absolute atomic E-state index is 0.0121. The summed E-state index contributed by atoms with van der Waals surface area (Å²) in [7, 11) is -3.36. The number of nitrogens with one attached hydrogen (secondary N) is 1. The van der Waals surface area contributed by atoms with Crippen LogP contribution in [0.2, 0.25) is 0 Å². The number of halogens is 3. The molecule has 0 radical (unpaired) electrons. The molecule has 34 heavy (non-hydrogen) atoms. The highest BCUT2D eigenvalue weighted by Crippen LogP contribution is 2.30. The number of carbonyl (C=O) groups excluding carboxylic acids is 1. The fourth-order valence-corrected chi connectivity index (χ4v) is 4.17. The fraction of sp³-hybridized carbons (Fsp3) is 0.250. The normalized spacial score (nSPS) is 11.9. The molecule has 1 amide bonds. The van der Waals surface area contributed by atoms with Crippen molar-refractivity contribution < 1.29 is 26.4 Å². The molecule has 0 atom stereocenters. The van der Waals surface area contributed by atoms with Crippen LogP contribution in [0.3, 0.4) is 0 Å². The third-order valence-electron chi connectivity index (χ3n) is 5.41. The van der Waals surface area contributed by atoms with Gasteiger partial charge in [-0.2, -0.15) is 13.2 Å². The van der Waals surface area contributed by atoms with Crippen LogP contribution in [0.5, 0.6) is 0 Å². The third kappa shape index (κ3) is 5.39. The van der Waals surface area contributed by atoms with Crippen LogP contribution in [-0.2, 0) is 29.0 Å². The van der Waals surface area contributed by atoms with E-state index in [1.54, 1.807) is 19.1 Å². The molecule has 0 fully saturated rings. The lowest BCUT2D eigenvalue weighted by Gasteiger charge is -2.17. The van der Waals surface area contributed by atoms with Gasteiger partial charge >= 0.3 is 6.18 Å². The summed E-state index contributed by atoms with van der Waals surface area (Å²) >= 11 is 0. The smallest absolute Gasteiger partial charge is 0.348 e. The second-order valence-electron chi connectivity index (χ2n) is 7.81. The predicted molar refractivity (Wildman–Crippen MR) is 122 cm³/mol. The minimum Gasteiger partial charge on any atom is -0.348 e. The molecule has 10 heteroatoms. The van der Waals surface area contributed by atoms with Crippen LogP contribution >= 0.6 is 0 Å². The summed E-state index contributed by atoms with van der Waals surface area (Å²) in [4.78, 5) is 26.2. The lowest BCUT2D eigenvalue weighted by atomic mass is 10.1. The highest BCUT2D eigenvalue weighted by molar-refractivity contribution is 7.90. The number of pyridine rings is 1. The van der Waals surface area contributed by atoms with E-state index in [-0.39, 0.29) is 22.7 Å². The van der Waals surface area contributed by atoms with Crippen LogP contribution in [0, 0.1) is 6.92 Å². The molecule has 0 aliphatic heterocycles. The Hall–Kier alpha value is -3.40. The number of amides is 1. The summed E-state index contributed by atoms with van der Waals surface area (Å²) in [6, 6.07) is 11.8. The summed E-state index contributed by atoms with van der Waals surface area (Å²) in [5.74, 6) is -0.687. The molecule has 3 aromatic rings. The van der Waals surface area contributed by atoms with Crippen molar-refractivity contribution in [3.8, 4) is 5.69 Å². The first kappa shape index (κ1) is 25.2. The monoisotopic (exact) mass is 492 g/mol. The molecule has 3 rings (SSSR count). The Bertz CT molecular complexity index is 1390. The van der Waals surface area contributed by atoms with E-state index < -0.39 is 33.0 Å². The Morgan fingerprint density at radius 1 is 1.06 bits per heavy atom. The van der Waals surface area contributed by atoms with Crippen molar-refractivity contribution in [3.05, 3.63) is 92.9 Å². The maximum Gasteiger partial charge on any atom is 0.416 e. The number of benzene rings is 2. The van der Waals surface area contributed by atoms with Crippen LogP contribution < -0.4 is 10.9 Å². The van der Waals surface area contributed by atoms with Crippen molar-refractivity contribution in [1.82, 2.24) is 9.88 Å². The van der Waals surface area contributed by atoms with Crippen LogP contribution in [0.4, 0.5) is 13.2 Å². The van der Waals surface area contributed by atoms with Gasteiger partial charge in [0.15, 0.2) is 9.84 Å². The van der Waals surface area contributed by atoms with Crippen molar-refractivity contribution in [2.45, 2.75) is 37.9 Å². The van der Waals surface area contributed by atoms with Crippen LogP contribution in [0.25, 0.3) is 5.69 Å². The van der Waals surface area contributed by atoms with E-state index in [9.17, 15) is 31.2 Å². The van der Waals surface area contributed by atoms with Crippen molar-refractivity contribution in [3.63, 3.8) is 0 Å². The molecule has 1 heterocycles. The molecular weight excluding hydrogens is 469 g/mol. The quantitative estimate of drug-likeness (QED) is 0.563. The molecule has 2 aromatic carbocycles. The maximum atomic E-state index is 13.2. The summed E-state index contributed by atoms with van der Waals surface area (Å²) in [5.41, 5.74) is -0.132. The van der Waals surface area contributed by atoms with Crippen LogP contribution in [-0.4, -0.2) is 25.1 Å². The average Bonchev–Trinajstić information content (AvgIpc) is 2.77. The first-order chi connectivity index (χ1) is 15.8. The molecule has 0 unspecified atom stereocenters. The molecule has 1 N–H and O–H groups in total. The van der Waals surface area contributed by atoms with E-state index in [4.69, 9.17) is 0 Å². The Labute approximate surface area is 195 Å². The zero-order chi connectivity index (χ0) is 25.3. The van der Waals surface area contributed by atoms with Crippen LogP contribution in [0.1, 0.15) is 39.7 Å². The molecule has 0 spiro atoms. The SMILES string of the molecule is CCc1cc(C(=O)NCc2ccc(S(C)(=O)=O)cc2)c(=O)n(-c2cccc(C(F)(F)F)c2)c1C. The largest absolute Gasteiger partial charge is 0.416 e. The third-order valence-corrected chi connectivity index (χ3v) is 6.54. The van der Waals surface area contributed by atoms with Gasteiger partial charge in [0.2, 0.25) is 0 Å². The Kier molecular flexibility index (Phi) is 7.02. The van der Waals surface area contributed by atoms with Crippen molar-refractivity contribution in [2.24, 2.45) is 0 Å². The van der Waals surface area contributed by atoms with Crippen molar-refractivity contribution in [1.29, 1.82) is 0 Å². The van der Waals surface area contributed by atoms with Gasteiger partial charge in [0.1, 0.15) is 5.56 Å². The Balaban J connectivity index is 1.96. The average molecular weight is 493 g/mol. The number of nitrogens with zero attached hydrogens (tertiary/aromatic N) is 1. The number of hydrogen-bond acceptors (Lipinski definition) is 4. The van der Waals surface area contributed by atoms with Gasteiger partial charge in [-0.15, -0.1) is 0 Å². The summed E-state index contributed by atoms with van der Waals surface area (Å²) < 4.78 is 63.9. The molecule has 0 saturated heterocycles. The number of hydrogen-bond donors (Lipinski definition) is 1. The highest BCUT2D eigenvalue weighted by atomic mass is 32.2. The van der Waals surface area contributed by atoms with E-state index in [2.05, 4.69) is 5.32 Å². The molecule has 6 nitrogen and oxygen atoms in total. The lowest BCUT2D eigenvalue weighted by molar-refractivity contribution is -0.137. The number of carbonyl (C=O) groups is 1. The van der Waals surface area contributed by atoms with Gasteiger partial charge in [-0.3, -0.25) is 14.2 Å². The maximum absolute atomic E-state index is 13.2. The second kappa shape index (κ2) is 9.46. The number of aromatic nitrogens is 1. The van der Waals surface area contributed by atoms with E-state index >= 15 is 0 Å². The van der Waals surface area contributed by atoms with E-state index in [1.807, 2.05) is 6.92 Å². The highest BCUT2D eigenvalue weighted by Gasteiger charge is 2.31. The zero-order valence-corrected chi connectivity index (χ0v) is 19.5. The zero-order valence-electron chi connectivity index (χ0n) is 18.7. The second-order valence-corrected chi connectivity index (χ2v) is 9.83. The summed E-state index contributed by atoms with van der Waals surface area (Å²) in [6.45, 7) is 3.46. The number of sulfone groups is 1. The molecule has 0 bridgehead atoms.